The maximum atomic E-state index is 5.31. The highest BCUT2D eigenvalue weighted by Crippen LogP contribution is 2.05. The zero-order valence-corrected chi connectivity index (χ0v) is 8.70. The van der Waals surface area contributed by atoms with E-state index in [-0.39, 0.29) is 0 Å². The van der Waals surface area contributed by atoms with E-state index in [1.54, 1.807) is 0 Å². The SMILES string of the molecule is Bc1ccc(CN2CCOCC2)cc1. The van der Waals surface area contributed by atoms with E-state index < -0.39 is 0 Å². The lowest BCUT2D eigenvalue weighted by Gasteiger charge is -2.26. The Bertz CT molecular complexity index is 280. The van der Waals surface area contributed by atoms with Crippen LogP contribution in [0.25, 0.3) is 0 Å². The smallest absolute Gasteiger partial charge is 0.139 e. The van der Waals surface area contributed by atoms with Crippen LogP contribution >= 0.6 is 0 Å². The molecule has 1 heterocycles. The van der Waals surface area contributed by atoms with Crippen molar-refractivity contribution < 1.29 is 4.74 Å². The van der Waals surface area contributed by atoms with Gasteiger partial charge in [-0.1, -0.05) is 29.7 Å². The van der Waals surface area contributed by atoms with Gasteiger partial charge in [-0.2, -0.15) is 0 Å². The molecule has 1 aromatic carbocycles. The molecule has 74 valence electrons. The summed E-state index contributed by atoms with van der Waals surface area (Å²) in [7, 11) is 2.12. The van der Waals surface area contributed by atoms with Crippen LogP contribution in [0.15, 0.2) is 24.3 Å². The average molecular weight is 189 g/mol. The van der Waals surface area contributed by atoms with E-state index in [4.69, 9.17) is 4.74 Å². The molecule has 2 nitrogen and oxygen atoms in total. The van der Waals surface area contributed by atoms with Crippen LogP contribution in [0.2, 0.25) is 0 Å². The molecule has 0 radical (unpaired) electrons. The van der Waals surface area contributed by atoms with Crippen LogP contribution < -0.4 is 5.46 Å². The van der Waals surface area contributed by atoms with Crippen molar-refractivity contribution in [3.63, 3.8) is 0 Å². The lowest BCUT2D eigenvalue weighted by atomic mass is 9.95. The molecule has 3 heteroatoms. The molecule has 1 saturated heterocycles. The minimum Gasteiger partial charge on any atom is -0.379 e. The second kappa shape index (κ2) is 4.62. The molecule has 0 amide bonds. The standard InChI is InChI=1S/C11H16BNO/c12-11-3-1-10(2-4-11)9-13-5-7-14-8-6-13/h1-4H,5-9,12H2. The first-order chi connectivity index (χ1) is 6.84. The Kier molecular flexibility index (Phi) is 3.22. The van der Waals surface area contributed by atoms with E-state index in [0.717, 1.165) is 32.8 Å². The monoisotopic (exact) mass is 189 g/mol. The Morgan fingerprint density at radius 2 is 1.79 bits per heavy atom. The molecule has 0 spiro atoms. The van der Waals surface area contributed by atoms with Gasteiger partial charge in [0.05, 0.1) is 13.2 Å². The first kappa shape index (κ1) is 9.75. The third kappa shape index (κ3) is 2.60. The normalized spacial score (nSPS) is 18.3. The summed E-state index contributed by atoms with van der Waals surface area (Å²) in [4.78, 5) is 2.44. The summed E-state index contributed by atoms with van der Waals surface area (Å²) < 4.78 is 5.31. The van der Waals surface area contributed by atoms with Crippen LogP contribution in [-0.2, 0) is 11.3 Å². The molecule has 0 bridgehead atoms. The first-order valence-electron chi connectivity index (χ1n) is 5.20. The van der Waals surface area contributed by atoms with Crippen molar-refractivity contribution in [3.8, 4) is 0 Å². The molecule has 14 heavy (non-hydrogen) atoms. The van der Waals surface area contributed by atoms with E-state index in [0.29, 0.717) is 0 Å². The quantitative estimate of drug-likeness (QED) is 0.596. The van der Waals surface area contributed by atoms with Gasteiger partial charge in [0.15, 0.2) is 0 Å². The molecule has 0 saturated carbocycles. The largest absolute Gasteiger partial charge is 0.379 e. The van der Waals surface area contributed by atoms with Crippen LogP contribution in [0.1, 0.15) is 5.56 Å². The van der Waals surface area contributed by atoms with E-state index in [2.05, 4.69) is 37.0 Å². The summed E-state index contributed by atoms with van der Waals surface area (Å²) in [6.45, 7) is 4.95. The highest BCUT2D eigenvalue weighted by Gasteiger charge is 2.09. The number of rotatable bonds is 2. The van der Waals surface area contributed by atoms with Crippen LogP contribution in [0.3, 0.4) is 0 Å². The number of hydrogen-bond donors (Lipinski definition) is 0. The van der Waals surface area contributed by atoms with Crippen molar-refractivity contribution in [1.29, 1.82) is 0 Å². The van der Waals surface area contributed by atoms with E-state index >= 15 is 0 Å². The topological polar surface area (TPSA) is 12.5 Å². The molecule has 0 aliphatic carbocycles. The van der Waals surface area contributed by atoms with Crippen molar-refractivity contribution in [2.45, 2.75) is 6.54 Å². The van der Waals surface area contributed by atoms with Gasteiger partial charge in [-0.25, -0.2) is 0 Å². The Labute approximate surface area is 86.3 Å². The summed E-state index contributed by atoms with van der Waals surface area (Å²) in [5.74, 6) is 0. The van der Waals surface area contributed by atoms with Gasteiger partial charge in [0, 0.05) is 19.6 Å². The van der Waals surface area contributed by atoms with Gasteiger partial charge in [-0.3, -0.25) is 4.90 Å². The van der Waals surface area contributed by atoms with E-state index in [1.807, 2.05) is 0 Å². The van der Waals surface area contributed by atoms with E-state index in [1.165, 1.54) is 11.0 Å². The number of benzene rings is 1. The van der Waals surface area contributed by atoms with Gasteiger partial charge < -0.3 is 4.74 Å². The molecule has 1 fully saturated rings. The first-order valence-corrected chi connectivity index (χ1v) is 5.20. The fourth-order valence-corrected chi connectivity index (χ4v) is 1.71. The predicted molar refractivity (Wildman–Crippen MR) is 60.7 cm³/mol. The Hall–Kier alpha value is -0.795. The Morgan fingerprint density at radius 1 is 1.14 bits per heavy atom. The van der Waals surface area contributed by atoms with Crippen molar-refractivity contribution >= 4 is 13.3 Å². The number of hydrogen-bond acceptors (Lipinski definition) is 2. The van der Waals surface area contributed by atoms with Gasteiger partial charge in [-0.05, 0) is 5.56 Å². The zero-order valence-electron chi connectivity index (χ0n) is 8.70. The highest BCUT2D eigenvalue weighted by atomic mass is 16.5. The van der Waals surface area contributed by atoms with Crippen LogP contribution in [0.4, 0.5) is 0 Å². The van der Waals surface area contributed by atoms with E-state index in [9.17, 15) is 0 Å². The van der Waals surface area contributed by atoms with Crippen molar-refractivity contribution in [1.82, 2.24) is 4.90 Å². The second-order valence-electron chi connectivity index (χ2n) is 3.87. The molecule has 0 aromatic heterocycles. The molecule has 2 rings (SSSR count). The van der Waals surface area contributed by atoms with Crippen LogP contribution in [0.5, 0.6) is 0 Å². The van der Waals surface area contributed by atoms with Gasteiger partial charge >= 0.3 is 0 Å². The summed E-state index contributed by atoms with van der Waals surface area (Å²) in [6, 6.07) is 8.78. The Balaban J connectivity index is 1.92. The minimum absolute atomic E-state index is 0.881. The third-order valence-corrected chi connectivity index (χ3v) is 2.63. The predicted octanol–water partition coefficient (Wildman–Crippen LogP) is -0.223. The maximum absolute atomic E-state index is 5.31. The van der Waals surface area contributed by atoms with Crippen molar-refractivity contribution in [2.75, 3.05) is 26.3 Å². The minimum atomic E-state index is 0.881. The fraction of sp³-hybridized carbons (Fsp3) is 0.455. The van der Waals surface area contributed by atoms with Crippen LogP contribution in [0, 0.1) is 0 Å². The summed E-state index contributed by atoms with van der Waals surface area (Å²) >= 11 is 0. The molecular weight excluding hydrogens is 173 g/mol. The summed E-state index contributed by atoms with van der Waals surface area (Å²) in [5.41, 5.74) is 2.73. The van der Waals surface area contributed by atoms with Crippen molar-refractivity contribution in [2.24, 2.45) is 0 Å². The molecule has 1 aromatic rings. The molecular formula is C11H16BNO. The second-order valence-corrected chi connectivity index (χ2v) is 3.87. The molecule has 1 aliphatic heterocycles. The lowest BCUT2D eigenvalue weighted by Crippen LogP contribution is -2.35. The molecule has 0 unspecified atom stereocenters. The lowest BCUT2D eigenvalue weighted by molar-refractivity contribution is 0.0342. The zero-order chi connectivity index (χ0) is 9.80. The number of morpholine rings is 1. The molecule has 0 N–H and O–H groups in total. The van der Waals surface area contributed by atoms with Gasteiger partial charge in [0.2, 0.25) is 0 Å². The summed E-state index contributed by atoms with van der Waals surface area (Å²) in [5, 5.41) is 0. The molecule has 1 aliphatic rings. The van der Waals surface area contributed by atoms with Crippen LogP contribution in [-0.4, -0.2) is 39.0 Å². The highest BCUT2D eigenvalue weighted by molar-refractivity contribution is 6.32. The fourth-order valence-electron chi connectivity index (χ4n) is 1.71. The van der Waals surface area contributed by atoms with Gasteiger partial charge in [-0.15, -0.1) is 0 Å². The average Bonchev–Trinajstić information content (AvgIpc) is 2.23. The van der Waals surface area contributed by atoms with Gasteiger partial charge in [0.1, 0.15) is 7.85 Å². The van der Waals surface area contributed by atoms with Gasteiger partial charge in [0.25, 0.3) is 0 Å². The van der Waals surface area contributed by atoms with Crippen molar-refractivity contribution in [3.05, 3.63) is 29.8 Å². The summed E-state index contributed by atoms with van der Waals surface area (Å²) in [6.07, 6.45) is 0. The molecule has 0 atom stereocenters. The Morgan fingerprint density at radius 3 is 2.43 bits per heavy atom. The third-order valence-electron chi connectivity index (χ3n) is 2.63. The number of nitrogens with zero attached hydrogens (tertiary/aromatic N) is 1. The number of ether oxygens (including phenoxy) is 1. The maximum Gasteiger partial charge on any atom is 0.139 e.